The molecule has 372 valence electrons. The molecule has 9 nitrogen and oxygen atoms in total. The molecule has 0 aliphatic carbocycles. The van der Waals surface area contributed by atoms with Crippen molar-refractivity contribution in [3.63, 3.8) is 0 Å². The average molecular weight is 894 g/mol. The summed E-state index contributed by atoms with van der Waals surface area (Å²) in [6.07, 6.45) is 38.7. The molecule has 1 aliphatic heterocycles. The zero-order chi connectivity index (χ0) is 45.9. The number of rotatable bonds is 46. The highest BCUT2D eigenvalue weighted by atomic mass is 16.6. The van der Waals surface area contributed by atoms with Crippen molar-refractivity contribution in [1.82, 2.24) is 4.90 Å². The van der Waals surface area contributed by atoms with Crippen LogP contribution in [0.5, 0.6) is 0 Å². The van der Waals surface area contributed by atoms with E-state index >= 15 is 0 Å². The van der Waals surface area contributed by atoms with E-state index in [9.17, 15) is 14.4 Å². The first-order chi connectivity index (χ1) is 30.8. The molecule has 0 aromatic carbocycles. The monoisotopic (exact) mass is 894 g/mol. The maximum atomic E-state index is 13.0. The van der Waals surface area contributed by atoms with Gasteiger partial charge in [0.05, 0.1) is 19.3 Å². The van der Waals surface area contributed by atoms with Gasteiger partial charge in [-0.1, -0.05) is 169 Å². The fourth-order valence-electron chi connectivity index (χ4n) is 9.18. The number of carbonyl (C=O) groups is 3. The van der Waals surface area contributed by atoms with Crippen LogP contribution in [0.4, 0.5) is 0 Å². The Balaban J connectivity index is 2.41. The number of piperidine rings is 1. The molecule has 0 amide bonds. The van der Waals surface area contributed by atoms with E-state index in [1.165, 1.54) is 103 Å². The van der Waals surface area contributed by atoms with Crippen LogP contribution < -0.4 is 0 Å². The van der Waals surface area contributed by atoms with Gasteiger partial charge in [-0.3, -0.25) is 9.59 Å². The second-order valence-corrected chi connectivity index (χ2v) is 19.2. The largest absolute Gasteiger partial charge is 0.466 e. The fraction of sp³-hybridized carbons (Fsp3) is 0.944. The molecule has 1 heterocycles. The van der Waals surface area contributed by atoms with Crippen LogP contribution in [0.1, 0.15) is 259 Å². The van der Waals surface area contributed by atoms with Gasteiger partial charge in [-0.05, 0) is 95.4 Å². The lowest BCUT2D eigenvalue weighted by Crippen LogP contribution is -2.38. The molecule has 1 N–H and O–H groups in total. The van der Waals surface area contributed by atoms with Crippen LogP contribution >= 0.6 is 0 Å². The quantitative estimate of drug-likeness (QED) is 0.0363. The van der Waals surface area contributed by atoms with Gasteiger partial charge in [0, 0.05) is 32.5 Å². The highest BCUT2D eigenvalue weighted by Gasteiger charge is 2.22. The van der Waals surface area contributed by atoms with Gasteiger partial charge in [0.15, 0.2) is 0 Å². The molecule has 63 heavy (non-hydrogen) atoms. The topological polar surface area (TPSA) is 112 Å². The van der Waals surface area contributed by atoms with Crippen molar-refractivity contribution in [2.75, 3.05) is 46.1 Å². The van der Waals surface area contributed by atoms with Gasteiger partial charge in [0.1, 0.15) is 12.7 Å². The average Bonchev–Trinajstić information content (AvgIpc) is 3.28. The zero-order valence-corrected chi connectivity index (χ0v) is 42.0. The number of likely N-dealkylation sites (tertiary alicyclic amines) is 1. The molecule has 0 saturated carbocycles. The van der Waals surface area contributed by atoms with E-state index in [0.717, 1.165) is 135 Å². The van der Waals surface area contributed by atoms with Crippen molar-refractivity contribution in [1.29, 1.82) is 0 Å². The van der Waals surface area contributed by atoms with Crippen LogP contribution in [0.2, 0.25) is 0 Å². The second-order valence-electron chi connectivity index (χ2n) is 19.2. The third kappa shape index (κ3) is 37.1. The number of esters is 3. The molecule has 0 bridgehead atoms. The Hall–Kier alpha value is -1.71. The van der Waals surface area contributed by atoms with Crippen molar-refractivity contribution in [3.8, 4) is 0 Å². The van der Waals surface area contributed by atoms with Crippen molar-refractivity contribution in [2.45, 2.75) is 271 Å². The SMILES string of the molecule is CCCCCC(CCCCC)CCOC(=O)CCCCCCCC(CCCCCCCC(=O)OCCC(CCCCC)CCCCC)OC(=O)COC1CCN(CCCCO)CC1. The Bertz CT molecular complexity index is 957. The maximum absolute atomic E-state index is 13.0. The molecule has 1 rings (SSSR count). The Morgan fingerprint density at radius 3 is 1.33 bits per heavy atom. The number of hydrogen-bond donors (Lipinski definition) is 1. The van der Waals surface area contributed by atoms with Crippen LogP contribution in [-0.2, 0) is 33.3 Å². The summed E-state index contributed by atoms with van der Waals surface area (Å²) in [5.74, 6) is 0.993. The van der Waals surface area contributed by atoms with Gasteiger partial charge in [-0.15, -0.1) is 0 Å². The molecular formula is C54H103NO8. The molecule has 1 aliphatic rings. The number of hydrogen-bond acceptors (Lipinski definition) is 9. The fourth-order valence-corrected chi connectivity index (χ4v) is 9.18. The second kappa shape index (κ2) is 44.1. The molecule has 1 fully saturated rings. The predicted molar refractivity (Wildman–Crippen MR) is 261 cm³/mol. The Morgan fingerprint density at radius 1 is 0.492 bits per heavy atom. The maximum Gasteiger partial charge on any atom is 0.332 e. The number of aliphatic hydroxyl groups excluding tert-OH is 1. The van der Waals surface area contributed by atoms with Crippen molar-refractivity contribution >= 4 is 17.9 Å². The van der Waals surface area contributed by atoms with E-state index in [1.54, 1.807) is 0 Å². The first-order valence-electron chi connectivity index (χ1n) is 27.3. The van der Waals surface area contributed by atoms with E-state index in [4.69, 9.17) is 24.1 Å². The molecule has 0 unspecified atom stereocenters. The molecule has 9 heteroatoms. The third-order valence-corrected chi connectivity index (χ3v) is 13.4. The summed E-state index contributed by atoms with van der Waals surface area (Å²) in [4.78, 5) is 40.4. The van der Waals surface area contributed by atoms with Crippen molar-refractivity contribution in [2.24, 2.45) is 11.8 Å². The number of aliphatic hydroxyl groups is 1. The first-order valence-corrected chi connectivity index (χ1v) is 27.3. The summed E-state index contributed by atoms with van der Waals surface area (Å²) in [6, 6.07) is 0. The van der Waals surface area contributed by atoms with E-state index in [2.05, 4.69) is 32.6 Å². The van der Waals surface area contributed by atoms with Crippen LogP contribution in [-0.4, -0.2) is 86.2 Å². The van der Waals surface area contributed by atoms with Crippen LogP contribution in [0.3, 0.4) is 0 Å². The summed E-state index contributed by atoms with van der Waals surface area (Å²) in [5, 5.41) is 9.08. The first kappa shape index (κ1) is 59.3. The molecule has 0 spiro atoms. The van der Waals surface area contributed by atoms with E-state index in [0.29, 0.717) is 37.9 Å². The zero-order valence-electron chi connectivity index (χ0n) is 42.0. The van der Waals surface area contributed by atoms with E-state index in [-0.39, 0.29) is 43.3 Å². The summed E-state index contributed by atoms with van der Waals surface area (Å²) in [6.45, 7) is 13.3. The lowest BCUT2D eigenvalue weighted by molar-refractivity contribution is -0.158. The number of ether oxygens (including phenoxy) is 4. The molecule has 1 saturated heterocycles. The summed E-state index contributed by atoms with van der Waals surface area (Å²) in [5.41, 5.74) is 0. The lowest BCUT2D eigenvalue weighted by atomic mass is 9.92. The van der Waals surface area contributed by atoms with Gasteiger partial charge >= 0.3 is 17.9 Å². The molecule has 0 atom stereocenters. The van der Waals surface area contributed by atoms with Gasteiger partial charge in [0.2, 0.25) is 0 Å². The Labute approximate surface area is 389 Å². The Kier molecular flexibility index (Phi) is 41.6. The minimum Gasteiger partial charge on any atom is -0.466 e. The highest BCUT2D eigenvalue weighted by Crippen LogP contribution is 2.23. The van der Waals surface area contributed by atoms with Gasteiger partial charge < -0.3 is 29.0 Å². The molecular weight excluding hydrogens is 791 g/mol. The predicted octanol–water partition coefficient (Wildman–Crippen LogP) is 14.0. The van der Waals surface area contributed by atoms with E-state index in [1.807, 2.05) is 0 Å². The van der Waals surface area contributed by atoms with Crippen molar-refractivity contribution < 1.29 is 38.4 Å². The lowest BCUT2D eigenvalue weighted by Gasteiger charge is -2.31. The van der Waals surface area contributed by atoms with Gasteiger partial charge in [0.25, 0.3) is 0 Å². The standard InChI is InChI=1S/C54H103NO8/c1-5-9-19-29-48(30-20-10-6-2)39-45-60-52(57)35-25-17-13-15-23-33-51(63-54(59)47-62-50-37-42-55(43-38-50)41-27-28-44-56)34-24-16-14-18-26-36-53(58)61-46-40-49(31-21-11-7-3)32-22-12-8-4/h48-51,56H,5-47H2,1-4H3. The number of nitrogens with zero attached hydrogens (tertiary/aromatic N) is 1. The van der Waals surface area contributed by atoms with Crippen LogP contribution in [0.25, 0.3) is 0 Å². The number of carbonyl (C=O) groups excluding carboxylic acids is 3. The van der Waals surface area contributed by atoms with Gasteiger partial charge in [-0.25, -0.2) is 4.79 Å². The third-order valence-electron chi connectivity index (χ3n) is 13.4. The summed E-state index contributed by atoms with van der Waals surface area (Å²) in [7, 11) is 0. The Morgan fingerprint density at radius 2 is 0.905 bits per heavy atom. The summed E-state index contributed by atoms with van der Waals surface area (Å²) >= 11 is 0. The van der Waals surface area contributed by atoms with E-state index < -0.39 is 0 Å². The minimum absolute atomic E-state index is 0.00855. The summed E-state index contributed by atoms with van der Waals surface area (Å²) < 4.78 is 23.4. The minimum atomic E-state index is -0.260. The normalized spacial score (nSPS) is 13.7. The number of unbranched alkanes of at least 4 members (excludes halogenated alkanes) is 17. The molecule has 0 aromatic heterocycles. The molecule has 0 aromatic rings. The smallest absolute Gasteiger partial charge is 0.332 e. The van der Waals surface area contributed by atoms with Crippen molar-refractivity contribution in [3.05, 3.63) is 0 Å². The van der Waals surface area contributed by atoms with Gasteiger partial charge in [-0.2, -0.15) is 0 Å². The van der Waals surface area contributed by atoms with Crippen LogP contribution in [0.15, 0.2) is 0 Å². The molecule has 0 radical (unpaired) electrons. The van der Waals surface area contributed by atoms with Crippen LogP contribution in [0, 0.1) is 11.8 Å². The highest BCUT2D eigenvalue weighted by molar-refractivity contribution is 5.71.